The lowest BCUT2D eigenvalue weighted by Gasteiger charge is -2.11. The molecule has 1 amide bonds. The second-order valence-corrected chi connectivity index (χ2v) is 9.27. The van der Waals surface area contributed by atoms with Gasteiger partial charge in [0.05, 0.1) is 19.6 Å². The highest BCUT2D eigenvalue weighted by atomic mass is 32.2. The number of hydrogen-bond acceptors (Lipinski definition) is 7. The summed E-state index contributed by atoms with van der Waals surface area (Å²) in [5.74, 6) is -1.39. The second kappa shape index (κ2) is 10.4. The van der Waals surface area contributed by atoms with E-state index >= 15 is 0 Å². The van der Waals surface area contributed by atoms with Gasteiger partial charge in [0.15, 0.2) is 0 Å². The Morgan fingerprint density at radius 3 is 2.38 bits per heavy atom. The number of carbonyl (C=O) groups excluding carboxylic acids is 1. The lowest BCUT2D eigenvalue weighted by molar-refractivity contribution is -0.118. The lowest BCUT2D eigenvalue weighted by Crippen LogP contribution is -2.21. The highest BCUT2D eigenvalue weighted by molar-refractivity contribution is 7.90. The molecule has 32 heavy (non-hydrogen) atoms. The van der Waals surface area contributed by atoms with Gasteiger partial charge in [-0.05, 0) is 55.5 Å². The van der Waals surface area contributed by atoms with Crippen molar-refractivity contribution in [1.82, 2.24) is 4.72 Å². The molecule has 1 atom stereocenters. The van der Waals surface area contributed by atoms with Crippen LogP contribution in [0, 0.1) is 0 Å². The molecule has 0 aliphatic carbocycles. The van der Waals surface area contributed by atoms with Crippen LogP contribution >= 0.6 is 0 Å². The summed E-state index contributed by atoms with van der Waals surface area (Å²) >= 11 is 0. The summed E-state index contributed by atoms with van der Waals surface area (Å²) in [5, 5.41) is 17.9. The molecule has 1 aliphatic rings. The zero-order valence-corrected chi connectivity index (χ0v) is 18.1. The van der Waals surface area contributed by atoms with E-state index in [1.807, 2.05) is 4.72 Å². The Labute approximate surface area is 186 Å². The normalized spacial score (nSPS) is 17.0. The highest BCUT2D eigenvalue weighted by Gasteiger charge is 2.37. The maximum absolute atomic E-state index is 12.0. The van der Waals surface area contributed by atoms with Crippen molar-refractivity contribution in [2.24, 2.45) is 0 Å². The minimum absolute atomic E-state index is 0.0928. The number of ether oxygens (including phenoxy) is 2. The summed E-state index contributed by atoms with van der Waals surface area (Å²) in [6.45, 7) is 0.782. The standard InChI is InChI=1S/C22H25NO8S/c24-17-9-6-10-18(21(17)22(26)27)31-12-4-2-1-3-11-30-16-8-5-7-15(13-16)19-14-20(25)23-32(19,28)29/h5-10,13,19,24H,1-4,11-12,14H2,(H,23,25)(H,26,27). The van der Waals surface area contributed by atoms with Crippen molar-refractivity contribution < 1.29 is 37.7 Å². The predicted octanol–water partition coefficient (Wildman–Crippen LogP) is 3.00. The Balaban J connectivity index is 1.37. The summed E-state index contributed by atoms with van der Waals surface area (Å²) in [6.07, 6.45) is 3.11. The first kappa shape index (κ1) is 23.4. The molecule has 1 unspecified atom stereocenters. The van der Waals surface area contributed by atoms with Crippen LogP contribution in [0.25, 0.3) is 0 Å². The zero-order valence-electron chi connectivity index (χ0n) is 17.3. The third kappa shape index (κ3) is 5.91. The molecule has 2 aromatic carbocycles. The molecule has 0 spiro atoms. The fraction of sp³-hybridized carbons (Fsp3) is 0.364. The summed E-state index contributed by atoms with van der Waals surface area (Å²) in [6, 6.07) is 11.1. The molecule has 3 rings (SSSR count). The number of unbranched alkanes of at least 4 members (excludes halogenated alkanes) is 3. The fourth-order valence-corrected chi connectivity index (χ4v) is 4.85. The number of nitrogens with one attached hydrogen (secondary N) is 1. The Kier molecular flexibility index (Phi) is 7.57. The van der Waals surface area contributed by atoms with Gasteiger partial charge in [0, 0.05) is 0 Å². The first-order valence-electron chi connectivity index (χ1n) is 10.2. The number of sulfonamides is 1. The number of phenols is 1. The molecular weight excluding hydrogens is 438 g/mol. The quantitative estimate of drug-likeness (QED) is 0.432. The van der Waals surface area contributed by atoms with Crippen LogP contribution in [0.4, 0.5) is 0 Å². The molecule has 172 valence electrons. The second-order valence-electron chi connectivity index (χ2n) is 7.40. The van der Waals surface area contributed by atoms with Crippen LogP contribution in [-0.2, 0) is 14.8 Å². The van der Waals surface area contributed by atoms with Gasteiger partial charge in [-0.3, -0.25) is 9.52 Å². The summed E-state index contributed by atoms with van der Waals surface area (Å²) in [7, 11) is -3.69. The molecule has 1 heterocycles. The number of hydrogen-bond donors (Lipinski definition) is 3. The van der Waals surface area contributed by atoms with Gasteiger partial charge in [0.1, 0.15) is 28.1 Å². The summed E-state index contributed by atoms with van der Waals surface area (Å²) in [5.41, 5.74) is 0.277. The largest absolute Gasteiger partial charge is 0.507 e. The number of aromatic carboxylic acids is 1. The van der Waals surface area contributed by atoms with Crippen LogP contribution in [0.5, 0.6) is 17.2 Å². The molecule has 9 nitrogen and oxygen atoms in total. The van der Waals surface area contributed by atoms with E-state index < -0.39 is 27.1 Å². The van der Waals surface area contributed by atoms with E-state index in [0.717, 1.165) is 19.3 Å². The monoisotopic (exact) mass is 463 g/mol. The van der Waals surface area contributed by atoms with E-state index in [-0.39, 0.29) is 23.5 Å². The molecule has 1 aliphatic heterocycles. The molecule has 1 fully saturated rings. The van der Waals surface area contributed by atoms with Gasteiger partial charge >= 0.3 is 5.97 Å². The van der Waals surface area contributed by atoms with Gasteiger partial charge in [-0.15, -0.1) is 0 Å². The Hall–Kier alpha value is -3.27. The SMILES string of the molecule is O=C1CC(c2cccc(OCCCCCCOc3cccc(O)c3C(=O)O)c2)S(=O)(=O)N1. The number of benzene rings is 2. The maximum Gasteiger partial charge on any atom is 0.343 e. The summed E-state index contributed by atoms with van der Waals surface area (Å²) < 4.78 is 37.2. The number of carboxylic acid groups (broad SMARTS) is 1. The zero-order chi connectivity index (χ0) is 23.1. The molecule has 1 saturated heterocycles. The molecule has 0 bridgehead atoms. The van der Waals surface area contributed by atoms with Crippen LogP contribution in [0.15, 0.2) is 42.5 Å². The number of rotatable bonds is 11. The van der Waals surface area contributed by atoms with Gasteiger partial charge in [-0.1, -0.05) is 18.2 Å². The highest BCUT2D eigenvalue weighted by Crippen LogP contribution is 2.32. The molecule has 0 aromatic heterocycles. The molecule has 0 radical (unpaired) electrons. The van der Waals surface area contributed by atoms with Crippen LogP contribution in [-0.4, -0.2) is 43.7 Å². The Morgan fingerprint density at radius 1 is 1.03 bits per heavy atom. The average Bonchev–Trinajstić information content (AvgIpc) is 3.02. The van der Waals surface area contributed by atoms with Crippen LogP contribution < -0.4 is 14.2 Å². The molecule has 2 aromatic rings. The minimum atomic E-state index is -3.69. The number of aromatic hydroxyl groups is 1. The first-order chi connectivity index (χ1) is 15.3. The number of amides is 1. The van der Waals surface area contributed by atoms with Crippen LogP contribution in [0.3, 0.4) is 0 Å². The van der Waals surface area contributed by atoms with Gasteiger partial charge in [-0.25, -0.2) is 13.2 Å². The van der Waals surface area contributed by atoms with Crippen molar-refractivity contribution in [1.29, 1.82) is 0 Å². The van der Waals surface area contributed by atoms with Crippen molar-refractivity contribution in [2.45, 2.75) is 37.4 Å². The molecular formula is C22H25NO8S. The van der Waals surface area contributed by atoms with Gasteiger partial charge in [0.25, 0.3) is 0 Å². The Morgan fingerprint density at radius 2 is 1.72 bits per heavy atom. The number of carbonyl (C=O) groups is 2. The van der Waals surface area contributed by atoms with Gasteiger partial charge in [-0.2, -0.15) is 0 Å². The van der Waals surface area contributed by atoms with E-state index in [9.17, 15) is 23.1 Å². The smallest absolute Gasteiger partial charge is 0.343 e. The van der Waals surface area contributed by atoms with Gasteiger partial charge in [0.2, 0.25) is 15.9 Å². The van der Waals surface area contributed by atoms with Crippen molar-refractivity contribution in [3.63, 3.8) is 0 Å². The van der Waals surface area contributed by atoms with Crippen molar-refractivity contribution in [3.8, 4) is 17.2 Å². The van der Waals surface area contributed by atoms with E-state index in [1.54, 1.807) is 24.3 Å². The van der Waals surface area contributed by atoms with Crippen molar-refractivity contribution in [2.75, 3.05) is 13.2 Å². The van der Waals surface area contributed by atoms with Crippen molar-refractivity contribution in [3.05, 3.63) is 53.6 Å². The van der Waals surface area contributed by atoms with Crippen LogP contribution in [0.2, 0.25) is 0 Å². The topological polar surface area (TPSA) is 139 Å². The first-order valence-corrected chi connectivity index (χ1v) is 11.8. The van der Waals surface area contributed by atoms with E-state index in [2.05, 4.69) is 0 Å². The third-order valence-electron chi connectivity index (χ3n) is 5.01. The van der Waals surface area contributed by atoms with Gasteiger partial charge < -0.3 is 19.7 Å². The third-order valence-corrected chi connectivity index (χ3v) is 6.71. The summed E-state index contributed by atoms with van der Waals surface area (Å²) in [4.78, 5) is 22.6. The van der Waals surface area contributed by atoms with E-state index in [4.69, 9.17) is 14.6 Å². The van der Waals surface area contributed by atoms with Crippen LogP contribution in [0.1, 0.15) is 53.3 Å². The predicted molar refractivity (Wildman–Crippen MR) is 115 cm³/mol. The average molecular weight is 464 g/mol. The molecule has 3 N–H and O–H groups in total. The van der Waals surface area contributed by atoms with Crippen molar-refractivity contribution >= 4 is 21.9 Å². The lowest BCUT2D eigenvalue weighted by atomic mass is 10.1. The minimum Gasteiger partial charge on any atom is -0.507 e. The van der Waals surface area contributed by atoms with E-state index in [1.165, 1.54) is 18.2 Å². The fourth-order valence-electron chi connectivity index (χ4n) is 3.44. The number of carboxylic acids is 1. The molecule has 10 heteroatoms. The maximum atomic E-state index is 12.0. The molecule has 0 saturated carbocycles. The Bertz CT molecular complexity index is 1080. The van der Waals surface area contributed by atoms with E-state index in [0.29, 0.717) is 30.9 Å².